The number of ether oxygens (including phenoxy) is 1. The molecule has 0 aliphatic heterocycles. The summed E-state index contributed by atoms with van der Waals surface area (Å²) in [7, 11) is 1.63. The fourth-order valence-electron chi connectivity index (χ4n) is 2.45. The summed E-state index contributed by atoms with van der Waals surface area (Å²) in [5.41, 5.74) is 3.79. The summed E-state index contributed by atoms with van der Waals surface area (Å²) >= 11 is 0. The lowest BCUT2D eigenvalue weighted by Crippen LogP contribution is -2.23. The molecule has 3 aromatic rings. The minimum atomic E-state index is -0.111. The standard InChI is InChI=1S/C19H18N2O2/c1-14-6-3-4-7-16(14)13-21-19(22)11-10-18(20-21)15-8-5-9-17(12-15)23-2/h3-12H,13H2,1-2H3. The van der Waals surface area contributed by atoms with Gasteiger partial charge in [0.25, 0.3) is 5.56 Å². The highest BCUT2D eigenvalue weighted by Gasteiger charge is 2.06. The smallest absolute Gasteiger partial charge is 0.267 e. The van der Waals surface area contributed by atoms with Crippen molar-refractivity contribution in [1.82, 2.24) is 9.78 Å². The van der Waals surface area contributed by atoms with E-state index in [2.05, 4.69) is 5.10 Å². The molecule has 1 aromatic heterocycles. The van der Waals surface area contributed by atoms with Crippen molar-refractivity contribution in [2.24, 2.45) is 0 Å². The van der Waals surface area contributed by atoms with Crippen LogP contribution in [0.4, 0.5) is 0 Å². The van der Waals surface area contributed by atoms with Crippen LogP contribution < -0.4 is 10.3 Å². The molecule has 116 valence electrons. The van der Waals surface area contributed by atoms with Gasteiger partial charge in [-0.25, -0.2) is 4.68 Å². The van der Waals surface area contributed by atoms with Gasteiger partial charge in [-0.1, -0.05) is 36.4 Å². The SMILES string of the molecule is COc1cccc(-c2ccc(=O)n(Cc3ccccc3C)n2)c1. The van der Waals surface area contributed by atoms with Crippen molar-refractivity contribution in [3.63, 3.8) is 0 Å². The van der Waals surface area contributed by atoms with Gasteiger partial charge in [0, 0.05) is 11.6 Å². The van der Waals surface area contributed by atoms with Crippen LogP contribution in [0.2, 0.25) is 0 Å². The molecule has 0 amide bonds. The van der Waals surface area contributed by atoms with E-state index in [9.17, 15) is 4.79 Å². The van der Waals surface area contributed by atoms with Crippen molar-refractivity contribution in [3.05, 3.63) is 82.1 Å². The maximum Gasteiger partial charge on any atom is 0.267 e. The fraction of sp³-hybridized carbons (Fsp3) is 0.158. The Hall–Kier alpha value is -2.88. The molecule has 0 aliphatic rings. The Morgan fingerprint density at radius 2 is 1.87 bits per heavy atom. The molecule has 4 nitrogen and oxygen atoms in total. The van der Waals surface area contributed by atoms with Gasteiger partial charge < -0.3 is 4.74 Å². The van der Waals surface area contributed by atoms with Gasteiger partial charge in [0.15, 0.2) is 0 Å². The van der Waals surface area contributed by atoms with Gasteiger partial charge in [-0.3, -0.25) is 4.79 Å². The van der Waals surface area contributed by atoms with Crippen LogP contribution in [-0.4, -0.2) is 16.9 Å². The number of aromatic nitrogens is 2. The lowest BCUT2D eigenvalue weighted by Gasteiger charge is -2.10. The van der Waals surface area contributed by atoms with Gasteiger partial charge in [-0.05, 0) is 36.2 Å². The van der Waals surface area contributed by atoms with Crippen LogP contribution in [0, 0.1) is 6.92 Å². The zero-order valence-corrected chi connectivity index (χ0v) is 13.2. The minimum Gasteiger partial charge on any atom is -0.497 e. The number of hydrogen-bond donors (Lipinski definition) is 0. The summed E-state index contributed by atoms with van der Waals surface area (Å²) < 4.78 is 6.74. The number of rotatable bonds is 4. The Kier molecular flexibility index (Phi) is 4.24. The normalized spacial score (nSPS) is 10.5. The predicted octanol–water partition coefficient (Wildman–Crippen LogP) is 3.28. The second kappa shape index (κ2) is 6.48. The van der Waals surface area contributed by atoms with E-state index in [1.54, 1.807) is 19.2 Å². The zero-order valence-electron chi connectivity index (χ0n) is 13.2. The number of hydrogen-bond acceptors (Lipinski definition) is 3. The molecule has 0 radical (unpaired) electrons. The van der Waals surface area contributed by atoms with Gasteiger partial charge in [0.05, 0.1) is 19.3 Å². The van der Waals surface area contributed by atoms with Crippen molar-refractivity contribution in [1.29, 1.82) is 0 Å². The third-order valence-corrected chi connectivity index (χ3v) is 3.81. The van der Waals surface area contributed by atoms with E-state index < -0.39 is 0 Å². The Labute approximate surface area is 135 Å². The topological polar surface area (TPSA) is 44.1 Å². The number of benzene rings is 2. The molecule has 0 bridgehead atoms. The average Bonchev–Trinajstić information content (AvgIpc) is 2.59. The molecule has 4 heteroatoms. The van der Waals surface area contributed by atoms with Crippen LogP contribution in [0.1, 0.15) is 11.1 Å². The highest BCUT2D eigenvalue weighted by Crippen LogP contribution is 2.21. The Morgan fingerprint density at radius 3 is 2.65 bits per heavy atom. The maximum atomic E-state index is 12.1. The number of aryl methyl sites for hydroxylation is 1. The quantitative estimate of drug-likeness (QED) is 0.743. The molecular weight excluding hydrogens is 288 g/mol. The van der Waals surface area contributed by atoms with Crippen LogP contribution in [0.5, 0.6) is 5.75 Å². The number of methoxy groups -OCH3 is 1. The lowest BCUT2D eigenvalue weighted by molar-refractivity contribution is 0.415. The molecule has 0 fully saturated rings. The third-order valence-electron chi connectivity index (χ3n) is 3.81. The first kappa shape index (κ1) is 15.0. The molecule has 2 aromatic carbocycles. The summed E-state index contributed by atoms with van der Waals surface area (Å²) in [4.78, 5) is 12.1. The molecular formula is C19H18N2O2. The summed E-state index contributed by atoms with van der Waals surface area (Å²) in [5, 5.41) is 4.50. The van der Waals surface area contributed by atoms with Gasteiger partial charge in [-0.15, -0.1) is 0 Å². The molecule has 3 rings (SSSR count). The van der Waals surface area contributed by atoms with Gasteiger partial charge in [-0.2, -0.15) is 5.10 Å². The second-order valence-corrected chi connectivity index (χ2v) is 5.37. The molecule has 0 saturated carbocycles. The molecule has 0 spiro atoms. The fourth-order valence-corrected chi connectivity index (χ4v) is 2.45. The van der Waals surface area contributed by atoms with E-state index in [-0.39, 0.29) is 5.56 Å². The zero-order chi connectivity index (χ0) is 16.2. The average molecular weight is 306 g/mol. The maximum absolute atomic E-state index is 12.1. The van der Waals surface area contributed by atoms with Crippen molar-refractivity contribution in [2.75, 3.05) is 7.11 Å². The van der Waals surface area contributed by atoms with Crippen molar-refractivity contribution >= 4 is 0 Å². The summed E-state index contributed by atoms with van der Waals surface area (Å²) in [6.45, 7) is 2.50. The van der Waals surface area contributed by atoms with E-state index in [1.807, 2.05) is 55.5 Å². The van der Waals surface area contributed by atoms with E-state index in [1.165, 1.54) is 4.68 Å². The molecule has 0 atom stereocenters. The first-order valence-corrected chi connectivity index (χ1v) is 7.44. The van der Waals surface area contributed by atoms with E-state index in [0.717, 1.165) is 28.1 Å². The monoisotopic (exact) mass is 306 g/mol. The van der Waals surface area contributed by atoms with E-state index >= 15 is 0 Å². The molecule has 0 saturated heterocycles. The van der Waals surface area contributed by atoms with E-state index in [0.29, 0.717) is 6.54 Å². The van der Waals surface area contributed by atoms with Gasteiger partial charge >= 0.3 is 0 Å². The summed E-state index contributed by atoms with van der Waals surface area (Å²) in [6, 6.07) is 19.0. The largest absolute Gasteiger partial charge is 0.497 e. The lowest BCUT2D eigenvalue weighted by atomic mass is 10.1. The third kappa shape index (κ3) is 3.31. The first-order valence-electron chi connectivity index (χ1n) is 7.44. The van der Waals surface area contributed by atoms with E-state index in [4.69, 9.17) is 4.74 Å². The molecule has 0 N–H and O–H groups in total. The second-order valence-electron chi connectivity index (χ2n) is 5.37. The van der Waals surface area contributed by atoms with Crippen LogP contribution in [-0.2, 0) is 6.54 Å². The van der Waals surface area contributed by atoms with Crippen LogP contribution in [0.3, 0.4) is 0 Å². The highest BCUT2D eigenvalue weighted by atomic mass is 16.5. The highest BCUT2D eigenvalue weighted by molar-refractivity contribution is 5.60. The number of nitrogens with zero attached hydrogens (tertiary/aromatic N) is 2. The van der Waals surface area contributed by atoms with Crippen molar-refractivity contribution in [2.45, 2.75) is 13.5 Å². The van der Waals surface area contributed by atoms with Crippen molar-refractivity contribution in [3.8, 4) is 17.0 Å². The van der Waals surface area contributed by atoms with Crippen LogP contribution in [0.25, 0.3) is 11.3 Å². The predicted molar refractivity (Wildman–Crippen MR) is 90.8 cm³/mol. The molecule has 1 heterocycles. The molecule has 0 unspecified atom stereocenters. The van der Waals surface area contributed by atoms with Gasteiger partial charge in [0.2, 0.25) is 0 Å². The summed E-state index contributed by atoms with van der Waals surface area (Å²) in [6.07, 6.45) is 0. The summed E-state index contributed by atoms with van der Waals surface area (Å²) in [5.74, 6) is 0.765. The Balaban J connectivity index is 1.99. The van der Waals surface area contributed by atoms with Crippen molar-refractivity contribution < 1.29 is 4.74 Å². The first-order chi connectivity index (χ1) is 11.2. The Morgan fingerprint density at radius 1 is 1.04 bits per heavy atom. The molecule has 0 aliphatic carbocycles. The molecule has 23 heavy (non-hydrogen) atoms. The van der Waals surface area contributed by atoms with Crippen LogP contribution in [0.15, 0.2) is 65.5 Å². The van der Waals surface area contributed by atoms with Gasteiger partial charge in [0.1, 0.15) is 5.75 Å². The Bertz CT molecular complexity index is 884. The van der Waals surface area contributed by atoms with Crippen LogP contribution >= 0.6 is 0 Å². The minimum absolute atomic E-state index is 0.111.